The standard InChI is InChI=1S/C20H25ClN2O3/c1-23(12-10-15-8-9-18(25-2)19(14-15)26-3)13-11-20(24)22-17-7-5-4-6-16(17)21/h4-9,14H,10-13H2,1-3H3,(H,22,24)/p+1. The van der Waals surface area contributed by atoms with Gasteiger partial charge in [-0.15, -0.1) is 0 Å². The van der Waals surface area contributed by atoms with E-state index in [4.69, 9.17) is 21.1 Å². The molecule has 0 fully saturated rings. The van der Waals surface area contributed by atoms with Crippen LogP contribution >= 0.6 is 11.6 Å². The van der Waals surface area contributed by atoms with Crippen molar-refractivity contribution in [1.29, 1.82) is 0 Å². The van der Waals surface area contributed by atoms with E-state index in [0.29, 0.717) is 17.1 Å². The van der Waals surface area contributed by atoms with Crippen molar-refractivity contribution in [2.75, 3.05) is 39.7 Å². The third kappa shape index (κ3) is 5.93. The van der Waals surface area contributed by atoms with E-state index in [1.807, 2.05) is 30.3 Å². The highest BCUT2D eigenvalue weighted by Crippen LogP contribution is 2.27. The molecule has 0 aliphatic heterocycles. The first-order valence-electron chi connectivity index (χ1n) is 8.60. The minimum absolute atomic E-state index is 0.0245. The Morgan fingerprint density at radius 3 is 2.50 bits per heavy atom. The molecule has 6 heteroatoms. The van der Waals surface area contributed by atoms with Crippen molar-refractivity contribution in [3.63, 3.8) is 0 Å². The topological polar surface area (TPSA) is 52.0 Å². The molecule has 2 aromatic rings. The molecule has 2 aromatic carbocycles. The maximum atomic E-state index is 12.1. The Hall–Kier alpha value is -2.24. The second-order valence-corrected chi connectivity index (χ2v) is 6.58. The number of nitrogens with one attached hydrogen (secondary N) is 2. The smallest absolute Gasteiger partial charge is 0.230 e. The molecule has 0 radical (unpaired) electrons. The zero-order chi connectivity index (χ0) is 18.9. The van der Waals surface area contributed by atoms with Crippen molar-refractivity contribution in [3.05, 3.63) is 53.1 Å². The molecule has 0 aromatic heterocycles. The highest BCUT2D eigenvalue weighted by molar-refractivity contribution is 6.33. The van der Waals surface area contributed by atoms with Gasteiger partial charge in [-0.25, -0.2) is 0 Å². The Morgan fingerprint density at radius 1 is 1.08 bits per heavy atom. The number of hydrogen-bond donors (Lipinski definition) is 2. The molecule has 0 saturated carbocycles. The van der Waals surface area contributed by atoms with E-state index in [0.717, 1.165) is 31.0 Å². The molecule has 0 spiro atoms. The van der Waals surface area contributed by atoms with Crippen LogP contribution in [-0.4, -0.2) is 40.3 Å². The monoisotopic (exact) mass is 377 g/mol. The molecule has 0 aliphatic carbocycles. The fraction of sp³-hybridized carbons (Fsp3) is 0.350. The molecule has 2 rings (SSSR count). The van der Waals surface area contributed by atoms with E-state index >= 15 is 0 Å². The van der Waals surface area contributed by atoms with Crippen LogP contribution in [0.15, 0.2) is 42.5 Å². The number of ether oxygens (including phenoxy) is 2. The first kappa shape index (κ1) is 20.1. The third-order valence-corrected chi connectivity index (χ3v) is 4.54. The van der Waals surface area contributed by atoms with E-state index in [1.54, 1.807) is 26.4 Å². The van der Waals surface area contributed by atoms with E-state index in [2.05, 4.69) is 12.4 Å². The predicted octanol–water partition coefficient (Wildman–Crippen LogP) is 2.44. The molecular formula is C20H26ClN2O3+. The number of benzene rings is 2. The van der Waals surface area contributed by atoms with Gasteiger partial charge in [-0.1, -0.05) is 29.8 Å². The maximum absolute atomic E-state index is 12.1. The lowest BCUT2D eigenvalue weighted by Crippen LogP contribution is -3.09. The van der Waals surface area contributed by atoms with Crippen LogP contribution in [0.2, 0.25) is 5.02 Å². The number of hydrogen-bond acceptors (Lipinski definition) is 3. The van der Waals surface area contributed by atoms with Gasteiger partial charge in [0.15, 0.2) is 11.5 Å². The van der Waals surface area contributed by atoms with Crippen molar-refractivity contribution >= 4 is 23.2 Å². The summed E-state index contributed by atoms with van der Waals surface area (Å²) in [7, 11) is 5.35. The van der Waals surface area contributed by atoms with Gasteiger partial charge in [0.2, 0.25) is 5.91 Å². The van der Waals surface area contributed by atoms with Gasteiger partial charge >= 0.3 is 0 Å². The normalized spacial score (nSPS) is 11.7. The van der Waals surface area contributed by atoms with E-state index in [-0.39, 0.29) is 5.91 Å². The lowest BCUT2D eigenvalue weighted by molar-refractivity contribution is -0.878. The summed E-state index contributed by atoms with van der Waals surface area (Å²) in [5, 5.41) is 3.40. The Balaban J connectivity index is 1.77. The van der Waals surface area contributed by atoms with E-state index in [9.17, 15) is 4.79 Å². The summed E-state index contributed by atoms with van der Waals surface area (Å²) in [6.07, 6.45) is 1.35. The minimum Gasteiger partial charge on any atom is -0.493 e. The number of anilines is 1. The number of likely N-dealkylation sites (N-methyl/N-ethyl adjacent to an activating group) is 1. The van der Waals surface area contributed by atoms with Gasteiger partial charge in [0.25, 0.3) is 0 Å². The van der Waals surface area contributed by atoms with Gasteiger partial charge in [0.05, 0.1) is 51.5 Å². The summed E-state index contributed by atoms with van der Waals surface area (Å²) >= 11 is 6.06. The number of rotatable bonds is 9. The number of quaternary nitrogens is 1. The number of carbonyl (C=O) groups is 1. The van der Waals surface area contributed by atoms with Crippen molar-refractivity contribution in [2.24, 2.45) is 0 Å². The molecule has 1 atom stereocenters. The third-order valence-electron chi connectivity index (χ3n) is 4.22. The molecule has 1 amide bonds. The fourth-order valence-electron chi connectivity index (χ4n) is 2.62. The molecule has 140 valence electrons. The lowest BCUT2D eigenvalue weighted by atomic mass is 10.1. The Kier molecular flexibility index (Phi) is 7.75. The van der Waals surface area contributed by atoms with Gasteiger partial charge in [0, 0.05) is 6.42 Å². The highest BCUT2D eigenvalue weighted by atomic mass is 35.5. The van der Waals surface area contributed by atoms with Crippen LogP contribution in [-0.2, 0) is 11.2 Å². The SMILES string of the molecule is COc1ccc(CC[NH+](C)CCC(=O)Nc2ccccc2Cl)cc1OC. The number of carbonyl (C=O) groups excluding carboxylic acids is 1. The molecule has 26 heavy (non-hydrogen) atoms. The van der Waals surface area contributed by atoms with Gasteiger partial charge in [-0.05, 0) is 29.8 Å². The molecule has 0 bridgehead atoms. The molecule has 0 saturated heterocycles. The van der Waals surface area contributed by atoms with Crippen LogP contribution in [0.3, 0.4) is 0 Å². The minimum atomic E-state index is -0.0245. The maximum Gasteiger partial charge on any atom is 0.230 e. The van der Waals surface area contributed by atoms with Crippen LogP contribution in [0.4, 0.5) is 5.69 Å². The number of amides is 1. The summed E-state index contributed by atoms with van der Waals surface area (Å²) < 4.78 is 10.6. The molecular weight excluding hydrogens is 352 g/mol. The van der Waals surface area contributed by atoms with E-state index in [1.165, 1.54) is 10.5 Å². The molecule has 2 N–H and O–H groups in total. The Labute approximate surface area is 159 Å². The summed E-state index contributed by atoms with van der Waals surface area (Å²) in [6.45, 7) is 1.68. The van der Waals surface area contributed by atoms with Crippen LogP contribution in [0.1, 0.15) is 12.0 Å². The quantitative estimate of drug-likeness (QED) is 0.705. The van der Waals surface area contributed by atoms with Crippen LogP contribution < -0.4 is 19.7 Å². The second-order valence-electron chi connectivity index (χ2n) is 6.17. The summed E-state index contributed by atoms with van der Waals surface area (Å²) in [4.78, 5) is 13.4. The summed E-state index contributed by atoms with van der Waals surface area (Å²) in [5.74, 6) is 1.44. The van der Waals surface area contributed by atoms with Crippen LogP contribution in [0.25, 0.3) is 0 Å². The average molecular weight is 378 g/mol. The van der Waals surface area contributed by atoms with Crippen molar-refractivity contribution in [3.8, 4) is 11.5 Å². The molecule has 0 aliphatic rings. The zero-order valence-electron chi connectivity index (χ0n) is 15.5. The molecule has 0 heterocycles. The van der Waals surface area contributed by atoms with Crippen molar-refractivity contribution in [1.82, 2.24) is 0 Å². The van der Waals surface area contributed by atoms with Crippen LogP contribution in [0, 0.1) is 0 Å². The molecule has 5 nitrogen and oxygen atoms in total. The lowest BCUT2D eigenvalue weighted by Gasteiger charge is -2.15. The zero-order valence-corrected chi connectivity index (χ0v) is 16.2. The van der Waals surface area contributed by atoms with Gasteiger partial charge in [-0.2, -0.15) is 0 Å². The Morgan fingerprint density at radius 2 is 1.81 bits per heavy atom. The number of methoxy groups -OCH3 is 2. The largest absolute Gasteiger partial charge is 0.493 e. The van der Waals surface area contributed by atoms with Gasteiger partial charge in [0.1, 0.15) is 0 Å². The Bertz CT molecular complexity index is 737. The summed E-state index contributed by atoms with van der Waals surface area (Å²) in [5.41, 5.74) is 1.84. The van der Waals surface area contributed by atoms with Crippen LogP contribution in [0.5, 0.6) is 11.5 Å². The van der Waals surface area contributed by atoms with Gasteiger partial charge < -0.3 is 19.7 Å². The predicted molar refractivity (Wildman–Crippen MR) is 105 cm³/mol. The molecule has 1 unspecified atom stereocenters. The number of para-hydroxylation sites is 1. The van der Waals surface area contributed by atoms with Crippen molar-refractivity contribution < 1.29 is 19.2 Å². The fourth-order valence-corrected chi connectivity index (χ4v) is 2.80. The van der Waals surface area contributed by atoms with Crippen molar-refractivity contribution in [2.45, 2.75) is 12.8 Å². The highest BCUT2D eigenvalue weighted by Gasteiger charge is 2.10. The first-order chi connectivity index (χ1) is 12.5. The first-order valence-corrected chi connectivity index (χ1v) is 8.98. The van der Waals surface area contributed by atoms with E-state index < -0.39 is 0 Å². The van der Waals surface area contributed by atoms with Gasteiger partial charge in [-0.3, -0.25) is 4.79 Å². The average Bonchev–Trinajstić information content (AvgIpc) is 2.66. The number of halogens is 1. The summed E-state index contributed by atoms with van der Waals surface area (Å²) in [6, 6.07) is 13.2. The second kappa shape index (κ2) is 10.0.